The first-order valence-corrected chi connectivity index (χ1v) is 10.7. The molecule has 0 N–H and O–H groups in total. The molecule has 0 radical (unpaired) electrons. The van der Waals surface area contributed by atoms with Gasteiger partial charge in [-0.2, -0.15) is 0 Å². The summed E-state index contributed by atoms with van der Waals surface area (Å²) in [6, 6.07) is 16.9. The van der Waals surface area contributed by atoms with Crippen molar-refractivity contribution in [3.63, 3.8) is 0 Å². The van der Waals surface area contributed by atoms with Gasteiger partial charge >= 0.3 is 0 Å². The van der Waals surface area contributed by atoms with Crippen LogP contribution >= 0.6 is 0 Å². The van der Waals surface area contributed by atoms with Gasteiger partial charge in [0.15, 0.2) is 0 Å². The van der Waals surface area contributed by atoms with Crippen molar-refractivity contribution in [1.82, 2.24) is 0 Å². The van der Waals surface area contributed by atoms with Crippen molar-refractivity contribution < 1.29 is 9.47 Å². The third-order valence-corrected chi connectivity index (χ3v) is 5.91. The molecule has 30 heavy (non-hydrogen) atoms. The highest BCUT2D eigenvalue weighted by molar-refractivity contribution is 6.07. The van der Waals surface area contributed by atoms with E-state index in [1.165, 1.54) is 0 Å². The molecule has 158 valence electrons. The van der Waals surface area contributed by atoms with Gasteiger partial charge < -0.3 is 9.47 Å². The summed E-state index contributed by atoms with van der Waals surface area (Å²) in [5, 5.41) is 0. The molecule has 4 heteroatoms. The largest absolute Gasteiger partial charge is 0.475 e. The Bertz CT molecular complexity index is 911. The number of benzene rings is 2. The standard InChI is InChI=1S/C26H32N2O2/c1-25(2,3)21-15-29-23(27-21)19-13-9-7-11-17(19)18-12-8-10-14-20(18)24-28-22(16-30-24)26(4,5)6/h7-14,21-22H,15-16H2,1-6H3. The molecule has 2 aliphatic rings. The summed E-state index contributed by atoms with van der Waals surface area (Å²) in [6.45, 7) is 14.5. The Kier molecular flexibility index (Phi) is 5.21. The molecule has 4 nitrogen and oxygen atoms in total. The van der Waals surface area contributed by atoms with Gasteiger partial charge in [0, 0.05) is 11.1 Å². The molecule has 2 aromatic rings. The third-order valence-electron chi connectivity index (χ3n) is 5.91. The van der Waals surface area contributed by atoms with Crippen molar-refractivity contribution in [2.24, 2.45) is 20.8 Å². The van der Waals surface area contributed by atoms with Crippen molar-refractivity contribution in [2.45, 2.75) is 53.6 Å². The molecule has 2 aromatic carbocycles. The fourth-order valence-electron chi connectivity index (χ4n) is 3.74. The minimum Gasteiger partial charge on any atom is -0.475 e. The lowest BCUT2D eigenvalue weighted by Gasteiger charge is -2.21. The van der Waals surface area contributed by atoms with Gasteiger partial charge in [-0.05, 0) is 34.1 Å². The zero-order chi connectivity index (χ0) is 21.5. The van der Waals surface area contributed by atoms with Crippen molar-refractivity contribution >= 4 is 11.8 Å². The number of hydrogen-bond acceptors (Lipinski definition) is 4. The van der Waals surface area contributed by atoms with E-state index in [4.69, 9.17) is 19.5 Å². The smallest absolute Gasteiger partial charge is 0.217 e. The number of rotatable bonds is 3. The SMILES string of the molecule is CC(C)(C)C1COC(c2ccccc2-c2ccccc2C2=NC(C(C)(C)C)CO2)=N1. The van der Waals surface area contributed by atoms with Gasteiger partial charge in [0.25, 0.3) is 0 Å². The van der Waals surface area contributed by atoms with Crippen LogP contribution in [0.2, 0.25) is 0 Å². The lowest BCUT2D eigenvalue weighted by Crippen LogP contribution is -2.25. The Morgan fingerprint density at radius 3 is 1.23 bits per heavy atom. The fourth-order valence-corrected chi connectivity index (χ4v) is 3.74. The quantitative estimate of drug-likeness (QED) is 0.655. The average molecular weight is 405 g/mol. The molecule has 0 aromatic heterocycles. The molecule has 0 bridgehead atoms. The van der Waals surface area contributed by atoms with Crippen LogP contribution in [0, 0.1) is 10.8 Å². The molecule has 0 fully saturated rings. The normalized spacial score (nSPS) is 21.7. The van der Waals surface area contributed by atoms with Gasteiger partial charge in [0.2, 0.25) is 11.8 Å². The van der Waals surface area contributed by atoms with Crippen LogP contribution in [-0.4, -0.2) is 37.1 Å². The molecule has 2 heterocycles. The van der Waals surface area contributed by atoms with Crippen LogP contribution in [0.5, 0.6) is 0 Å². The topological polar surface area (TPSA) is 43.2 Å². The molecule has 0 aliphatic carbocycles. The van der Waals surface area contributed by atoms with E-state index in [0.29, 0.717) is 13.2 Å². The lowest BCUT2D eigenvalue weighted by molar-refractivity contribution is 0.235. The molecule has 0 amide bonds. The second kappa shape index (κ2) is 7.57. The second-order valence-electron chi connectivity index (χ2n) is 10.3. The van der Waals surface area contributed by atoms with Crippen molar-refractivity contribution in [2.75, 3.05) is 13.2 Å². The highest BCUT2D eigenvalue weighted by atomic mass is 16.5. The summed E-state index contributed by atoms with van der Waals surface area (Å²) in [5.74, 6) is 1.45. The first-order chi connectivity index (χ1) is 14.1. The molecular formula is C26H32N2O2. The van der Waals surface area contributed by atoms with E-state index in [-0.39, 0.29) is 22.9 Å². The van der Waals surface area contributed by atoms with E-state index in [2.05, 4.69) is 77.9 Å². The monoisotopic (exact) mass is 404 g/mol. The van der Waals surface area contributed by atoms with E-state index >= 15 is 0 Å². The lowest BCUT2D eigenvalue weighted by atomic mass is 9.88. The van der Waals surface area contributed by atoms with Gasteiger partial charge in [-0.15, -0.1) is 0 Å². The van der Waals surface area contributed by atoms with Crippen LogP contribution in [0.3, 0.4) is 0 Å². The van der Waals surface area contributed by atoms with Gasteiger partial charge in [-0.1, -0.05) is 77.9 Å². The van der Waals surface area contributed by atoms with Crippen LogP contribution in [0.1, 0.15) is 52.7 Å². The van der Waals surface area contributed by atoms with Crippen LogP contribution in [-0.2, 0) is 9.47 Å². The summed E-state index contributed by atoms with van der Waals surface area (Å²) in [4.78, 5) is 9.84. The highest BCUT2D eigenvalue weighted by Gasteiger charge is 2.33. The molecular weight excluding hydrogens is 372 g/mol. The molecule has 2 unspecified atom stereocenters. The number of ether oxygens (including phenoxy) is 2. The summed E-state index contributed by atoms with van der Waals surface area (Å²) in [6.07, 6.45) is 0. The zero-order valence-electron chi connectivity index (χ0n) is 18.9. The van der Waals surface area contributed by atoms with E-state index in [1.807, 2.05) is 12.1 Å². The van der Waals surface area contributed by atoms with Gasteiger partial charge in [-0.3, -0.25) is 0 Å². The van der Waals surface area contributed by atoms with Gasteiger partial charge in [0.1, 0.15) is 13.2 Å². The molecule has 2 aliphatic heterocycles. The predicted molar refractivity (Wildman–Crippen MR) is 123 cm³/mol. The molecule has 0 saturated heterocycles. The second-order valence-corrected chi connectivity index (χ2v) is 10.3. The minimum atomic E-state index is 0.0724. The van der Waals surface area contributed by atoms with Crippen molar-refractivity contribution in [1.29, 1.82) is 0 Å². The summed E-state index contributed by atoms with van der Waals surface area (Å²) in [5.41, 5.74) is 4.36. The number of aliphatic imine (C=N–C) groups is 2. The summed E-state index contributed by atoms with van der Waals surface area (Å²) < 4.78 is 12.1. The van der Waals surface area contributed by atoms with Crippen LogP contribution in [0.4, 0.5) is 0 Å². The van der Waals surface area contributed by atoms with E-state index in [1.54, 1.807) is 0 Å². The summed E-state index contributed by atoms with van der Waals surface area (Å²) >= 11 is 0. The maximum Gasteiger partial charge on any atom is 0.217 e. The number of nitrogens with zero attached hydrogens (tertiary/aromatic N) is 2. The maximum absolute atomic E-state index is 6.06. The van der Waals surface area contributed by atoms with E-state index < -0.39 is 0 Å². The fraction of sp³-hybridized carbons (Fsp3) is 0.462. The Morgan fingerprint density at radius 1 is 0.600 bits per heavy atom. The first-order valence-electron chi connectivity index (χ1n) is 10.7. The van der Waals surface area contributed by atoms with Crippen LogP contribution in [0.15, 0.2) is 58.5 Å². The first kappa shape index (κ1) is 20.6. The molecule has 2 atom stereocenters. The Balaban J connectivity index is 1.76. The van der Waals surface area contributed by atoms with Crippen molar-refractivity contribution in [3.05, 3.63) is 59.7 Å². The minimum absolute atomic E-state index is 0.0724. The molecule has 0 spiro atoms. The van der Waals surface area contributed by atoms with Gasteiger partial charge in [-0.25, -0.2) is 9.98 Å². The van der Waals surface area contributed by atoms with Crippen molar-refractivity contribution in [3.8, 4) is 11.1 Å². The van der Waals surface area contributed by atoms with E-state index in [0.717, 1.165) is 34.0 Å². The maximum atomic E-state index is 6.06. The Labute approximate surface area is 180 Å². The highest BCUT2D eigenvalue weighted by Crippen LogP contribution is 2.34. The average Bonchev–Trinajstić information content (AvgIpc) is 3.37. The van der Waals surface area contributed by atoms with Gasteiger partial charge in [0.05, 0.1) is 12.1 Å². The Morgan fingerprint density at radius 2 is 0.933 bits per heavy atom. The zero-order valence-corrected chi connectivity index (χ0v) is 18.9. The van der Waals surface area contributed by atoms with Crippen LogP contribution < -0.4 is 0 Å². The summed E-state index contributed by atoms with van der Waals surface area (Å²) in [7, 11) is 0. The van der Waals surface area contributed by atoms with Crippen LogP contribution in [0.25, 0.3) is 11.1 Å². The molecule has 0 saturated carbocycles. The number of hydrogen-bond donors (Lipinski definition) is 0. The van der Waals surface area contributed by atoms with E-state index in [9.17, 15) is 0 Å². The molecule has 4 rings (SSSR count). The third kappa shape index (κ3) is 4.00. The Hall–Kier alpha value is -2.62. The predicted octanol–water partition coefficient (Wildman–Crippen LogP) is 5.74.